The Morgan fingerprint density at radius 3 is 2.89 bits per heavy atom. The molecule has 2 rings (SSSR count). The lowest BCUT2D eigenvalue weighted by Crippen LogP contribution is -2.26. The molecule has 2 N–H and O–H groups in total. The lowest BCUT2D eigenvalue weighted by Gasteiger charge is -2.12. The Labute approximate surface area is 118 Å². The second-order valence-electron chi connectivity index (χ2n) is 3.87. The SMILES string of the molecule is CC(NC(=O)c1cc(I)ccc1O)c1ccco1. The highest BCUT2D eigenvalue weighted by molar-refractivity contribution is 14.1. The van der Waals surface area contributed by atoms with Crippen LogP contribution in [-0.4, -0.2) is 11.0 Å². The summed E-state index contributed by atoms with van der Waals surface area (Å²) >= 11 is 2.09. The number of phenolic OH excluding ortho intramolecular Hbond substituents is 1. The molecule has 0 radical (unpaired) electrons. The maximum Gasteiger partial charge on any atom is 0.255 e. The Morgan fingerprint density at radius 1 is 1.44 bits per heavy atom. The minimum atomic E-state index is -0.324. The van der Waals surface area contributed by atoms with Gasteiger partial charge in [0.05, 0.1) is 17.9 Å². The second kappa shape index (κ2) is 5.43. The zero-order valence-electron chi connectivity index (χ0n) is 9.68. The highest BCUT2D eigenvalue weighted by atomic mass is 127. The van der Waals surface area contributed by atoms with Gasteiger partial charge in [-0.15, -0.1) is 0 Å². The number of hydrogen-bond acceptors (Lipinski definition) is 3. The summed E-state index contributed by atoms with van der Waals surface area (Å²) in [7, 11) is 0. The lowest BCUT2D eigenvalue weighted by molar-refractivity contribution is 0.0932. The third kappa shape index (κ3) is 2.84. The Hall–Kier alpha value is -1.50. The number of carbonyl (C=O) groups excluding carboxylic acids is 1. The molecule has 1 atom stereocenters. The summed E-state index contributed by atoms with van der Waals surface area (Å²) in [5.41, 5.74) is 0.264. The molecule has 0 spiro atoms. The molecule has 1 unspecified atom stereocenters. The quantitative estimate of drug-likeness (QED) is 0.830. The van der Waals surface area contributed by atoms with Crippen LogP contribution in [0.15, 0.2) is 41.0 Å². The molecule has 0 aliphatic rings. The summed E-state index contributed by atoms with van der Waals surface area (Å²) in [6.45, 7) is 1.82. The molecule has 0 bridgehead atoms. The number of halogens is 1. The fourth-order valence-corrected chi connectivity index (χ4v) is 2.06. The first kappa shape index (κ1) is 12.9. The van der Waals surface area contributed by atoms with E-state index >= 15 is 0 Å². The summed E-state index contributed by atoms with van der Waals surface area (Å²) in [6.07, 6.45) is 1.56. The van der Waals surface area contributed by atoms with Crippen LogP contribution >= 0.6 is 22.6 Å². The largest absolute Gasteiger partial charge is 0.507 e. The van der Waals surface area contributed by atoms with Gasteiger partial charge in [0.25, 0.3) is 5.91 Å². The highest BCUT2D eigenvalue weighted by Crippen LogP contribution is 2.21. The van der Waals surface area contributed by atoms with Gasteiger partial charge in [-0.05, 0) is 59.8 Å². The summed E-state index contributed by atoms with van der Waals surface area (Å²) in [5.74, 6) is 0.322. The third-order valence-electron chi connectivity index (χ3n) is 2.52. The highest BCUT2D eigenvalue weighted by Gasteiger charge is 2.16. The van der Waals surface area contributed by atoms with Gasteiger partial charge >= 0.3 is 0 Å². The number of carbonyl (C=O) groups is 1. The van der Waals surface area contributed by atoms with Gasteiger partial charge in [0.2, 0.25) is 0 Å². The normalized spacial score (nSPS) is 12.1. The van der Waals surface area contributed by atoms with E-state index in [9.17, 15) is 9.90 Å². The van der Waals surface area contributed by atoms with Gasteiger partial charge in [0.1, 0.15) is 11.5 Å². The summed E-state index contributed by atoms with van der Waals surface area (Å²) in [5, 5.41) is 12.4. The van der Waals surface area contributed by atoms with E-state index in [2.05, 4.69) is 27.9 Å². The van der Waals surface area contributed by atoms with Crippen molar-refractivity contribution in [2.45, 2.75) is 13.0 Å². The number of hydrogen-bond donors (Lipinski definition) is 2. The zero-order chi connectivity index (χ0) is 13.1. The van der Waals surface area contributed by atoms with Crippen LogP contribution in [0.2, 0.25) is 0 Å². The third-order valence-corrected chi connectivity index (χ3v) is 3.19. The van der Waals surface area contributed by atoms with Crippen LogP contribution < -0.4 is 5.32 Å². The Morgan fingerprint density at radius 2 is 2.22 bits per heavy atom. The first-order valence-corrected chi connectivity index (χ1v) is 6.48. The monoisotopic (exact) mass is 357 g/mol. The van der Waals surface area contributed by atoms with Crippen LogP contribution in [0.5, 0.6) is 5.75 Å². The average molecular weight is 357 g/mol. The smallest absolute Gasteiger partial charge is 0.255 e. The van der Waals surface area contributed by atoms with E-state index in [1.165, 1.54) is 6.07 Å². The fraction of sp³-hybridized carbons (Fsp3) is 0.154. The van der Waals surface area contributed by atoms with Gasteiger partial charge in [-0.2, -0.15) is 0 Å². The van der Waals surface area contributed by atoms with Crippen LogP contribution in [0.1, 0.15) is 29.1 Å². The molecular formula is C13H12INO3. The van der Waals surface area contributed by atoms with E-state index in [-0.39, 0.29) is 23.3 Å². The van der Waals surface area contributed by atoms with Gasteiger partial charge < -0.3 is 14.8 Å². The molecule has 5 heteroatoms. The zero-order valence-corrected chi connectivity index (χ0v) is 11.8. The van der Waals surface area contributed by atoms with E-state index in [1.54, 1.807) is 30.5 Å². The predicted octanol–water partition coefficient (Wildman–Crippen LogP) is 3.08. The van der Waals surface area contributed by atoms with Crippen LogP contribution in [0.25, 0.3) is 0 Å². The van der Waals surface area contributed by atoms with Crippen molar-refractivity contribution in [1.29, 1.82) is 0 Å². The number of amides is 1. The first-order chi connectivity index (χ1) is 8.58. The molecule has 1 heterocycles. The van der Waals surface area contributed by atoms with Crippen molar-refractivity contribution >= 4 is 28.5 Å². The molecule has 0 aliphatic heterocycles. The van der Waals surface area contributed by atoms with Crippen molar-refractivity contribution < 1.29 is 14.3 Å². The van der Waals surface area contributed by atoms with Gasteiger partial charge in [0.15, 0.2) is 0 Å². The molecule has 18 heavy (non-hydrogen) atoms. The topological polar surface area (TPSA) is 62.5 Å². The van der Waals surface area contributed by atoms with E-state index in [0.29, 0.717) is 5.76 Å². The molecule has 1 aromatic heterocycles. The molecule has 0 fully saturated rings. The van der Waals surface area contributed by atoms with Gasteiger partial charge in [-0.3, -0.25) is 4.79 Å². The van der Waals surface area contributed by atoms with Crippen molar-refractivity contribution in [2.75, 3.05) is 0 Å². The minimum absolute atomic E-state index is 0.0282. The molecule has 1 amide bonds. The number of benzene rings is 1. The molecule has 1 aromatic carbocycles. The summed E-state index contributed by atoms with van der Waals surface area (Å²) < 4.78 is 6.10. The molecular weight excluding hydrogens is 345 g/mol. The Bertz CT molecular complexity index is 551. The van der Waals surface area contributed by atoms with Crippen molar-refractivity contribution in [2.24, 2.45) is 0 Å². The van der Waals surface area contributed by atoms with Gasteiger partial charge in [-0.1, -0.05) is 0 Å². The number of nitrogens with one attached hydrogen (secondary N) is 1. The summed E-state index contributed by atoms with van der Waals surface area (Å²) in [6, 6.07) is 8.20. The van der Waals surface area contributed by atoms with Crippen molar-refractivity contribution in [3.05, 3.63) is 51.5 Å². The predicted molar refractivity (Wildman–Crippen MR) is 75.4 cm³/mol. The molecule has 4 nitrogen and oxygen atoms in total. The second-order valence-corrected chi connectivity index (χ2v) is 5.12. The van der Waals surface area contributed by atoms with Crippen LogP contribution in [-0.2, 0) is 0 Å². The number of rotatable bonds is 3. The van der Waals surface area contributed by atoms with Crippen LogP contribution in [0, 0.1) is 3.57 Å². The number of phenols is 1. The molecule has 2 aromatic rings. The first-order valence-electron chi connectivity index (χ1n) is 5.40. The number of furan rings is 1. The van der Waals surface area contributed by atoms with E-state index in [1.807, 2.05) is 6.92 Å². The Kier molecular flexibility index (Phi) is 3.90. The molecule has 0 saturated carbocycles. The maximum atomic E-state index is 12.0. The molecule has 94 valence electrons. The van der Waals surface area contributed by atoms with Gasteiger partial charge in [0, 0.05) is 3.57 Å². The standard InChI is InChI=1S/C13H12INO3/c1-8(12-3-2-6-18-12)15-13(17)10-7-9(14)4-5-11(10)16/h2-8,16H,1H3,(H,15,17). The fourth-order valence-electron chi connectivity index (χ4n) is 1.57. The van der Waals surface area contributed by atoms with Gasteiger partial charge in [-0.25, -0.2) is 0 Å². The summed E-state index contributed by atoms with van der Waals surface area (Å²) in [4.78, 5) is 12.0. The maximum absolute atomic E-state index is 12.0. The average Bonchev–Trinajstić information content (AvgIpc) is 2.85. The van der Waals surface area contributed by atoms with Crippen molar-refractivity contribution in [3.63, 3.8) is 0 Å². The van der Waals surface area contributed by atoms with Crippen LogP contribution in [0.3, 0.4) is 0 Å². The van der Waals surface area contributed by atoms with E-state index in [0.717, 1.165) is 3.57 Å². The molecule has 0 aliphatic carbocycles. The minimum Gasteiger partial charge on any atom is -0.507 e. The Balaban J connectivity index is 2.15. The number of aromatic hydroxyl groups is 1. The van der Waals surface area contributed by atoms with Crippen molar-refractivity contribution in [1.82, 2.24) is 5.32 Å². The lowest BCUT2D eigenvalue weighted by atomic mass is 10.1. The van der Waals surface area contributed by atoms with E-state index in [4.69, 9.17) is 4.42 Å². The van der Waals surface area contributed by atoms with Crippen molar-refractivity contribution in [3.8, 4) is 5.75 Å². The molecule has 0 saturated heterocycles. The van der Waals surface area contributed by atoms with E-state index < -0.39 is 0 Å². The van der Waals surface area contributed by atoms with Crippen LogP contribution in [0.4, 0.5) is 0 Å².